The number of nitrogens with one attached hydrogen (secondary N) is 1. The van der Waals surface area contributed by atoms with Gasteiger partial charge < -0.3 is 5.32 Å². The molecule has 0 radical (unpaired) electrons. The summed E-state index contributed by atoms with van der Waals surface area (Å²) in [4.78, 5) is 27.9. The molecule has 0 bridgehead atoms. The first-order valence-corrected chi connectivity index (χ1v) is 17.0. The highest BCUT2D eigenvalue weighted by Gasteiger charge is 2.35. The van der Waals surface area contributed by atoms with Crippen LogP contribution >= 0.6 is 11.3 Å². The lowest BCUT2D eigenvalue weighted by Gasteiger charge is -2.35. The Kier molecular flexibility index (Phi) is 8.04. The zero-order valence-electron chi connectivity index (χ0n) is 25.9. The van der Waals surface area contributed by atoms with Crippen LogP contribution in [0.5, 0.6) is 0 Å². The number of fused-ring (bicyclic) bond motifs is 1. The van der Waals surface area contributed by atoms with Gasteiger partial charge in [0, 0.05) is 49.6 Å². The summed E-state index contributed by atoms with van der Waals surface area (Å²) in [5, 5.41) is 8.24. The van der Waals surface area contributed by atoms with E-state index >= 15 is 0 Å². The molecule has 3 aromatic heterocycles. The molecule has 0 spiro atoms. The molecular formula is C33H35N7O3S2. The van der Waals surface area contributed by atoms with E-state index in [4.69, 9.17) is 4.98 Å². The summed E-state index contributed by atoms with van der Waals surface area (Å²) >= 11 is 1.43. The average molecular weight is 642 g/mol. The second-order valence-electron chi connectivity index (χ2n) is 12.3. The summed E-state index contributed by atoms with van der Waals surface area (Å²) in [6.45, 7) is 8.40. The maximum atomic E-state index is 14.0. The summed E-state index contributed by atoms with van der Waals surface area (Å²) in [7, 11) is -2.04. The molecule has 10 nitrogen and oxygen atoms in total. The van der Waals surface area contributed by atoms with Crippen LogP contribution in [0.4, 0.5) is 17.3 Å². The van der Waals surface area contributed by atoms with E-state index in [9.17, 15) is 13.2 Å². The molecule has 1 aliphatic heterocycles. The van der Waals surface area contributed by atoms with E-state index in [1.54, 1.807) is 53.6 Å². The summed E-state index contributed by atoms with van der Waals surface area (Å²) < 4.78 is 31.2. The Morgan fingerprint density at radius 1 is 1.07 bits per heavy atom. The number of hydrogen-bond acceptors (Lipinski definition) is 9. The highest BCUT2D eigenvalue weighted by Crippen LogP contribution is 2.43. The Morgan fingerprint density at radius 2 is 1.84 bits per heavy atom. The van der Waals surface area contributed by atoms with E-state index in [1.165, 1.54) is 15.6 Å². The Bertz CT molecular complexity index is 1980. The molecule has 1 N–H and O–H groups in total. The average Bonchev–Trinajstić information content (AvgIpc) is 3.67. The molecule has 1 unspecified atom stereocenters. The zero-order chi connectivity index (χ0) is 31.9. The maximum absolute atomic E-state index is 14.0. The number of benzene rings is 2. The molecule has 0 amide bonds. The topological polar surface area (TPSA) is 123 Å². The van der Waals surface area contributed by atoms with Crippen LogP contribution in [0, 0.1) is 6.92 Å². The number of carbonyl (C=O) groups is 1. The van der Waals surface area contributed by atoms with Gasteiger partial charge >= 0.3 is 0 Å². The molecule has 2 aromatic carbocycles. The first-order valence-electron chi connectivity index (χ1n) is 14.7. The van der Waals surface area contributed by atoms with Gasteiger partial charge in [0.15, 0.2) is 5.78 Å². The monoisotopic (exact) mass is 641 g/mol. The van der Waals surface area contributed by atoms with Gasteiger partial charge in [0.2, 0.25) is 5.95 Å². The molecule has 1 atom stereocenters. The molecule has 12 heteroatoms. The van der Waals surface area contributed by atoms with Crippen molar-refractivity contribution in [3.8, 4) is 11.3 Å². The third-order valence-electron chi connectivity index (χ3n) is 7.79. The SMILES string of the molecule is Cc1ccc(S(=O)(=O)N2CCC(CC(=O)c3cnc(C(C)(C)C)s3)c3ccc(-c4ccnc(Nc5cnn(C)c5)n4)cc32)cc1. The summed E-state index contributed by atoms with van der Waals surface area (Å²) in [6.07, 6.45) is 7.61. The Hall–Kier alpha value is -4.42. The number of thiazole rings is 1. The van der Waals surface area contributed by atoms with Crippen LogP contribution in [0.15, 0.2) is 78.2 Å². The minimum absolute atomic E-state index is 0.0137. The first kappa shape index (κ1) is 30.6. The minimum atomic E-state index is -3.87. The van der Waals surface area contributed by atoms with Crippen LogP contribution in [-0.4, -0.2) is 45.5 Å². The molecule has 1 aliphatic rings. The molecule has 0 aliphatic carbocycles. The van der Waals surface area contributed by atoms with Crippen LogP contribution in [0.25, 0.3) is 11.3 Å². The number of rotatable bonds is 8. The van der Waals surface area contributed by atoms with E-state index in [0.717, 1.165) is 27.4 Å². The fourth-order valence-corrected chi connectivity index (χ4v) is 7.80. The molecule has 4 heterocycles. The molecule has 0 saturated carbocycles. The lowest BCUT2D eigenvalue weighted by molar-refractivity contribution is 0.0976. The normalized spacial score (nSPS) is 15.1. The fraction of sp³-hybridized carbons (Fsp3) is 0.303. The van der Waals surface area contributed by atoms with Crippen molar-refractivity contribution in [3.05, 3.63) is 94.3 Å². The van der Waals surface area contributed by atoms with Crippen molar-refractivity contribution in [3.63, 3.8) is 0 Å². The lowest BCUT2D eigenvalue weighted by Crippen LogP contribution is -2.37. The minimum Gasteiger partial charge on any atom is -0.321 e. The standard InChI is InChI=1S/C33H35N7O3S2/c1-21-6-9-25(10-7-21)45(42,43)40-15-13-22(17-29(41)30-19-35-31(44-30)33(2,3)4)26-11-8-23(16-28(26)40)27-12-14-34-32(38-27)37-24-18-36-39(5)20-24/h6-12,14,16,18-20,22H,13,15,17H2,1-5H3,(H,34,37,38). The Labute approximate surface area is 267 Å². The zero-order valence-corrected chi connectivity index (χ0v) is 27.5. The van der Waals surface area contributed by atoms with Crippen LogP contribution in [-0.2, 0) is 22.5 Å². The van der Waals surface area contributed by atoms with E-state index in [-0.39, 0.29) is 35.0 Å². The van der Waals surface area contributed by atoms with Gasteiger partial charge in [0.05, 0.1) is 38.0 Å². The van der Waals surface area contributed by atoms with Crippen LogP contribution in [0.1, 0.15) is 65.3 Å². The Balaban J connectivity index is 1.37. The van der Waals surface area contributed by atoms with Gasteiger partial charge in [-0.05, 0) is 49.1 Å². The number of hydrogen-bond donors (Lipinski definition) is 1. The van der Waals surface area contributed by atoms with Crippen molar-refractivity contribution in [2.75, 3.05) is 16.2 Å². The third kappa shape index (κ3) is 6.38. The van der Waals surface area contributed by atoms with Crippen LogP contribution in [0.2, 0.25) is 0 Å². The first-order chi connectivity index (χ1) is 21.4. The third-order valence-corrected chi connectivity index (χ3v) is 11.1. The van der Waals surface area contributed by atoms with E-state index in [0.29, 0.717) is 28.6 Å². The molecule has 0 saturated heterocycles. The number of nitrogens with zero attached hydrogens (tertiary/aromatic N) is 6. The number of anilines is 3. The van der Waals surface area contributed by atoms with Crippen molar-refractivity contribution in [2.24, 2.45) is 7.05 Å². The van der Waals surface area contributed by atoms with Crippen molar-refractivity contribution in [1.82, 2.24) is 24.7 Å². The number of aryl methyl sites for hydroxylation is 2. The molecule has 232 valence electrons. The molecule has 6 rings (SSSR count). The predicted molar refractivity (Wildman–Crippen MR) is 177 cm³/mol. The van der Waals surface area contributed by atoms with Crippen molar-refractivity contribution >= 4 is 44.5 Å². The van der Waals surface area contributed by atoms with E-state index < -0.39 is 10.0 Å². The number of sulfonamides is 1. The summed E-state index contributed by atoms with van der Waals surface area (Å²) in [6, 6.07) is 14.4. The quantitative estimate of drug-likeness (QED) is 0.187. The maximum Gasteiger partial charge on any atom is 0.264 e. The summed E-state index contributed by atoms with van der Waals surface area (Å²) in [5.41, 5.74) is 4.32. The number of Topliss-reactive ketones (excluding diaryl/α,β-unsaturated/α-hetero) is 1. The van der Waals surface area contributed by atoms with E-state index in [1.807, 2.05) is 38.4 Å². The smallest absolute Gasteiger partial charge is 0.264 e. The lowest BCUT2D eigenvalue weighted by atomic mass is 9.86. The highest BCUT2D eigenvalue weighted by molar-refractivity contribution is 7.92. The van der Waals surface area contributed by atoms with Crippen molar-refractivity contribution in [1.29, 1.82) is 0 Å². The molecule has 5 aromatic rings. The van der Waals surface area contributed by atoms with Gasteiger partial charge in [0.1, 0.15) is 0 Å². The van der Waals surface area contributed by atoms with Gasteiger partial charge in [-0.1, -0.05) is 50.6 Å². The molecule has 0 fully saturated rings. The highest BCUT2D eigenvalue weighted by atomic mass is 32.2. The summed E-state index contributed by atoms with van der Waals surface area (Å²) in [5.74, 6) is 0.254. The van der Waals surface area contributed by atoms with Crippen molar-refractivity contribution < 1.29 is 13.2 Å². The van der Waals surface area contributed by atoms with Gasteiger partial charge in [-0.3, -0.25) is 13.8 Å². The van der Waals surface area contributed by atoms with E-state index in [2.05, 4.69) is 41.2 Å². The second kappa shape index (κ2) is 11.8. The number of carbonyl (C=O) groups excluding carboxylic acids is 1. The van der Waals surface area contributed by atoms with Gasteiger partial charge in [-0.25, -0.2) is 23.4 Å². The van der Waals surface area contributed by atoms with Gasteiger partial charge in [-0.15, -0.1) is 11.3 Å². The predicted octanol–water partition coefficient (Wildman–Crippen LogP) is 6.64. The fourth-order valence-electron chi connectivity index (χ4n) is 5.38. The van der Waals surface area contributed by atoms with Gasteiger partial charge in [0.25, 0.3) is 10.0 Å². The van der Waals surface area contributed by atoms with Gasteiger partial charge in [-0.2, -0.15) is 5.10 Å². The second-order valence-corrected chi connectivity index (χ2v) is 15.2. The molecule has 45 heavy (non-hydrogen) atoms. The number of ketones is 1. The van der Waals surface area contributed by atoms with Crippen LogP contribution < -0.4 is 9.62 Å². The van der Waals surface area contributed by atoms with Crippen molar-refractivity contribution in [2.45, 2.75) is 56.8 Å². The number of aromatic nitrogens is 5. The largest absolute Gasteiger partial charge is 0.321 e. The molecular weight excluding hydrogens is 607 g/mol. The Morgan fingerprint density at radius 3 is 2.53 bits per heavy atom. The van der Waals surface area contributed by atoms with Crippen LogP contribution in [0.3, 0.4) is 0 Å².